The molecular weight excluding hydrogens is 140 g/mol. The molecule has 1 atom stereocenters. The Labute approximate surface area is 67.2 Å². The molecule has 0 spiro atoms. The van der Waals surface area contributed by atoms with Crippen LogP contribution in [0.2, 0.25) is 0 Å². The minimum Gasteiger partial charge on any atom is -0.458 e. The van der Waals surface area contributed by atoms with E-state index >= 15 is 0 Å². The van der Waals surface area contributed by atoms with E-state index < -0.39 is 0 Å². The van der Waals surface area contributed by atoms with E-state index in [1.807, 2.05) is 0 Å². The number of hydrogen-bond donors (Lipinski definition) is 0. The minimum absolute atomic E-state index is 0.0162. The van der Waals surface area contributed by atoms with Crippen molar-refractivity contribution in [1.29, 1.82) is 0 Å². The summed E-state index contributed by atoms with van der Waals surface area (Å²) in [5.74, 6) is -0.232. The summed E-state index contributed by atoms with van der Waals surface area (Å²) in [5.41, 5.74) is 0.639. The zero-order valence-electron chi connectivity index (χ0n) is 7.31. The molecule has 0 radical (unpaired) electrons. The lowest BCUT2D eigenvalue weighted by molar-refractivity contribution is -0.142. The van der Waals surface area contributed by atoms with Gasteiger partial charge in [0, 0.05) is 12.0 Å². The van der Waals surface area contributed by atoms with Crippen LogP contribution in [0.25, 0.3) is 0 Å². The smallest absolute Gasteiger partial charge is 0.333 e. The monoisotopic (exact) mass is 154 g/mol. The Bertz CT molecular complexity index is 182. The van der Waals surface area contributed by atoms with Crippen LogP contribution in [-0.4, -0.2) is 12.1 Å². The molecule has 0 aromatic rings. The van der Waals surface area contributed by atoms with Gasteiger partial charge < -0.3 is 4.74 Å². The van der Waals surface area contributed by atoms with Gasteiger partial charge >= 0.3 is 5.97 Å². The minimum atomic E-state index is -0.232. The van der Waals surface area contributed by atoms with Crippen LogP contribution in [-0.2, 0) is 9.53 Å². The molecule has 1 rings (SSSR count). The summed E-state index contributed by atoms with van der Waals surface area (Å²) in [7, 11) is 0. The molecule has 1 saturated heterocycles. The molecule has 0 amide bonds. The van der Waals surface area contributed by atoms with Crippen molar-refractivity contribution in [2.45, 2.75) is 33.3 Å². The lowest BCUT2D eigenvalue weighted by atomic mass is 9.87. The van der Waals surface area contributed by atoms with Gasteiger partial charge in [-0.3, -0.25) is 0 Å². The number of cyclic esters (lactones) is 1. The number of carbonyl (C=O) groups is 1. The van der Waals surface area contributed by atoms with Gasteiger partial charge in [-0.05, 0) is 5.41 Å². The van der Waals surface area contributed by atoms with Crippen molar-refractivity contribution in [3.8, 4) is 0 Å². The van der Waals surface area contributed by atoms with Gasteiger partial charge in [0.15, 0.2) is 0 Å². The maximum Gasteiger partial charge on any atom is 0.333 e. The van der Waals surface area contributed by atoms with Crippen LogP contribution in [0.3, 0.4) is 0 Å². The molecule has 1 heterocycles. The fourth-order valence-corrected chi connectivity index (χ4v) is 1.04. The van der Waals surface area contributed by atoms with E-state index in [4.69, 9.17) is 4.74 Å². The average molecular weight is 154 g/mol. The van der Waals surface area contributed by atoms with Gasteiger partial charge in [-0.2, -0.15) is 0 Å². The molecule has 62 valence electrons. The van der Waals surface area contributed by atoms with E-state index in [0.717, 1.165) is 0 Å². The highest BCUT2D eigenvalue weighted by atomic mass is 16.6. The quantitative estimate of drug-likeness (QED) is 0.393. The first-order valence-electron chi connectivity index (χ1n) is 3.80. The van der Waals surface area contributed by atoms with Gasteiger partial charge in [0.25, 0.3) is 0 Å². The van der Waals surface area contributed by atoms with Crippen molar-refractivity contribution in [3.05, 3.63) is 12.2 Å². The van der Waals surface area contributed by atoms with Gasteiger partial charge in [-0.15, -0.1) is 0 Å². The lowest BCUT2D eigenvalue weighted by Crippen LogP contribution is -2.25. The predicted molar refractivity (Wildman–Crippen MR) is 43.1 cm³/mol. The zero-order chi connectivity index (χ0) is 8.65. The normalized spacial score (nSPS) is 25.5. The number of carbonyl (C=O) groups excluding carboxylic acids is 1. The first kappa shape index (κ1) is 8.31. The van der Waals surface area contributed by atoms with Crippen LogP contribution in [0.15, 0.2) is 12.2 Å². The highest BCUT2D eigenvalue weighted by Crippen LogP contribution is 2.32. The maximum atomic E-state index is 10.9. The van der Waals surface area contributed by atoms with Crippen LogP contribution in [0, 0.1) is 5.41 Å². The molecule has 0 aromatic carbocycles. The van der Waals surface area contributed by atoms with E-state index in [-0.39, 0.29) is 17.5 Å². The fourth-order valence-electron chi connectivity index (χ4n) is 1.04. The highest BCUT2D eigenvalue weighted by molar-refractivity contribution is 5.89. The third kappa shape index (κ3) is 1.62. The second-order valence-corrected chi connectivity index (χ2v) is 4.07. The molecule has 11 heavy (non-hydrogen) atoms. The number of rotatable bonds is 0. The molecule has 1 unspecified atom stereocenters. The highest BCUT2D eigenvalue weighted by Gasteiger charge is 2.35. The second kappa shape index (κ2) is 2.36. The standard InChI is InChI=1S/C9H14O2/c1-6-5-7(9(2,3)4)11-8(6)10/h7H,1,5H2,2-4H3. The Morgan fingerprint density at radius 3 is 2.27 bits per heavy atom. The zero-order valence-corrected chi connectivity index (χ0v) is 7.31. The fraction of sp³-hybridized carbons (Fsp3) is 0.667. The maximum absolute atomic E-state index is 10.9. The van der Waals surface area contributed by atoms with E-state index in [9.17, 15) is 4.79 Å². The van der Waals surface area contributed by atoms with Crippen LogP contribution >= 0.6 is 0 Å². The topological polar surface area (TPSA) is 26.3 Å². The van der Waals surface area contributed by atoms with Gasteiger partial charge in [-0.1, -0.05) is 27.4 Å². The summed E-state index contributed by atoms with van der Waals surface area (Å²) < 4.78 is 5.10. The van der Waals surface area contributed by atoms with Gasteiger partial charge in [0.1, 0.15) is 6.10 Å². The molecule has 1 aliphatic heterocycles. The Morgan fingerprint density at radius 2 is 2.09 bits per heavy atom. The van der Waals surface area contributed by atoms with Crippen molar-refractivity contribution < 1.29 is 9.53 Å². The van der Waals surface area contributed by atoms with Crippen LogP contribution in [0.4, 0.5) is 0 Å². The molecule has 0 N–H and O–H groups in total. The van der Waals surface area contributed by atoms with Crippen molar-refractivity contribution in [2.75, 3.05) is 0 Å². The Morgan fingerprint density at radius 1 is 1.55 bits per heavy atom. The average Bonchev–Trinajstić information content (AvgIpc) is 2.11. The molecule has 0 aromatic heterocycles. The van der Waals surface area contributed by atoms with Crippen LogP contribution in [0.5, 0.6) is 0 Å². The summed E-state index contributed by atoms with van der Waals surface area (Å²) in [5, 5.41) is 0. The largest absolute Gasteiger partial charge is 0.458 e. The summed E-state index contributed by atoms with van der Waals surface area (Å²) in [6, 6.07) is 0. The van der Waals surface area contributed by atoms with Gasteiger partial charge in [0.2, 0.25) is 0 Å². The van der Waals surface area contributed by atoms with Crippen LogP contribution in [0.1, 0.15) is 27.2 Å². The summed E-state index contributed by atoms with van der Waals surface area (Å²) in [6.07, 6.45) is 0.699. The van der Waals surface area contributed by atoms with Gasteiger partial charge in [0.05, 0.1) is 0 Å². The molecule has 2 nitrogen and oxygen atoms in total. The van der Waals surface area contributed by atoms with E-state index in [1.165, 1.54) is 0 Å². The van der Waals surface area contributed by atoms with Crippen LogP contribution < -0.4 is 0 Å². The van der Waals surface area contributed by atoms with Gasteiger partial charge in [-0.25, -0.2) is 4.79 Å². The number of ether oxygens (including phenoxy) is 1. The lowest BCUT2D eigenvalue weighted by Gasteiger charge is -2.24. The van der Waals surface area contributed by atoms with E-state index in [1.54, 1.807) is 0 Å². The summed E-state index contributed by atoms with van der Waals surface area (Å²) in [4.78, 5) is 10.9. The SMILES string of the molecule is C=C1CC(C(C)(C)C)OC1=O. The van der Waals surface area contributed by atoms with Crippen molar-refractivity contribution in [1.82, 2.24) is 0 Å². The van der Waals surface area contributed by atoms with Crippen molar-refractivity contribution in [3.63, 3.8) is 0 Å². The molecule has 2 heteroatoms. The number of esters is 1. The molecular formula is C9H14O2. The first-order valence-corrected chi connectivity index (χ1v) is 3.80. The number of hydrogen-bond acceptors (Lipinski definition) is 2. The molecule has 0 saturated carbocycles. The Hall–Kier alpha value is -0.790. The second-order valence-electron chi connectivity index (χ2n) is 4.07. The third-order valence-electron chi connectivity index (χ3n) is 1.94. The van der Waals surface area contributed by atoms with Crippen molar-refractivity contribution >= 4 is 5.97 Å². The molecule has 1 aliphatic rings. The van der Waals surface area contributed by atoms with E-state index in [2.05, 4.69) is 27.4 Å². The Kier molecular flexibility index (Phi) is 1.78. The molecule has 1 fully saturated rings. The summed E-state index contributed by atoms with van der Waals surface area (Å²) in [6.45, 7) is 9.80. The van der Waals surface area contributed by atoms with Crippen molar-refractivity contribution in [2.24, 2.45) is 5.41 Å². The predicted octanol–water partition coefficient (Wildman–Crippen LogP) is 1.90. The molecule has 0 aliphatic carbocycles. The molecule has 0 bridgehead atoms. The Balaban J connectivity index is 2.68. The summed E-state index contributed by atoms with van der Waals surface area (Å²) >= 11 is 0. The first-order chi connectivity index (χ1) is 4.91. The third-order valence-corrected chi connectivity index (χ3v) is 1.94. The van der Waals surface area contributed by atoms with E-state index in [0.29, 0.717) is 12.0 Å².